The molecule has 1 aromatic carbocycles. The molecule has 3 heteroatoms. The van der Waals surface area contributed by atoms with E-state index in [1.165, 1.54) is 12.0 Å². The van der Waals surface area contributed by atoms with Gasteiger partial charge in [-0.2, -0.15) is 0 Å². The van der Waals surface area contributed by atoms with E-state index in [0.717, 1.165) is 29.5 Å². The minimum Gasteiger partial charge on any atom is -0.368 e. The molecule has 1 aliphatic heterocycles. The predicted octanol–water partition coefficient (Wildman–Crippen LogP) is 5.21. The Morgan fingerprint density at radius 3 is 2.60 bits per heavy atom. The fourth-order valence-corrected chi connectivity index (χ4v) is 4.20. The molecule has 3 atom stereocenters. The summed E-state index contributed by atoms with van der Waals surface area (Å²) in [6.45, 7) is 5.10. The zero-order chi connectivity index (χ0) is 14.4. The van der Waals surface area contributed by atoms with Gasteiger partial charge in [0.15, 0.2) is 0 Å². The molecule has 0 bridgehead atoms. The first-order chi connectivity index (χ1) is 9.45. The van der Waals surface area contributed by atoms with E-state index >= 15 is 0 Å². The molecule has 108 valence electrons. The molecule has 1 aliphatic carbocycles. The van der Waals surface area contributed by atoms with Crippen LogP contribution in [0.5, 0.6) is 0 Å². The van der Waals surface area contributed by atoms with Gasteiger partial charge in [0.1, 0.15) is 5.60 Å². The standard InChI is InChI=1S/C17H20Cl2O/c1-12(18)10-16(2)8-7-14(17(16)11-20-17)9-13-3-5-15(19)6-4-13/h3-6,10,14H,7-9,11H2,1-2H3. The smallest absolute Gasteiger partial charge is 0.103 e. The molecule has 1 nitrogen and oxygen atoms in total. The Hall–Kier alpha value is -0.500. The first-order valence-corrected chi connectivity index (χ1v) is 7.94. The predicted molar refractivity (Wildman–Crippen MR) is 84.3 cm³/mol. The van der Waals surface area contributed by atoms with E-state index in [1.54, 1.807) is 0 Å². The molecular weight excluding hydrogens is 291 g/mol. The van der Waals surface area contributed by atoms with E-state index in [2.05, 4.69) is 25.1 Å². The Bertz CT molecular complexity index is 526. The minimum atomic E-state index is 0.00276. The Balaban J connectivity index is 1.80. The van der Waals surface area contributed by atoms with Crippen LogP contribution in [0.1, 0.15) is 32.3 Å². The van der Waals surface area contributed by atoms with Crippen molar-refractivity contribution in [2.75, 3.05) is 6.61 Å². The highest BCUT2D eigenvalue weighted by atomic mass is 35.5. The van der Waals surface area contributed by atoms with Crippen molar-refractivity contribution in [3.05, 3.63) is 46.0 Å². The van der Waals surface area contributed by atoms with E-state index < -0.39 is 0 Å². The summed E-state index contributed by atoms with van der Waals surface area (Å²) >= 11 is 12.1. The van der Waals surface area contributed by atoms with Crippen LogP contribution in [-0.4, -0.2) is 12.2 Å². The highest BCUT2D eigenvalue weighted by molar-refractivity contribution is 6.30. The second-order valence-electron chi connectivity index (χ2n) is 6.39. The molecule has 2 fully saturated rings. The van der Waals surface area contributed by atoms with Crippen LogP contribution < -0.4 is 0 Å². The first-order valence-electron chi connectivity index (χ1n) is 7.19. The summed E-state index contributed by atoms with van der Waals surface area (Å²) in [7, 11) is 0. The van der Waals surface area contributed by atoms with Crippen molar-refractivity contribution in [2.45, 2.75) is 38.7 Å². The molecule has 0 amide bonds. The summed E-state index contributed by atoms with van der Waals surface area (Å²) in [6.07, 6.45) is 5.60. The number of ether oxygens (including phenoxy) is 1. The SMILES string of the molecule is CC(Cl)=CC1(C)CCC(Cc2ccc(Cl)cc2)C12CO2. The number of epoxide rings is 1. The average molecular weight is 311 g/mol. The maximum atomic E-state index is 6.12. The van der Waals surface area contributed by atoms with E-state index in [0.29, 0.717) is 5.92 Å². The van der Waals surface area contributed by atoms with Crippen LogP contribution in [0.2, 0.25) is 5.02 Å². The maximum absolute atomic E-state index is 6.12. The molecule has 2 aliphatic rings. The second kappa shape index (κ2) is 5.05. The number of hydrogen-bond donors (Lipinski definition) is 0. The van der Waals surface area contributed by atoms with Gasteiger partial charge in [-0.25, -0.2) is 0 Å². The van der Waals surface area contributed by atoms with E-state index in [-0.39, 0.29) is 11.0 Å². The molecule has 0 N–H and O–H groups in total. The van der Waals surface area contributed by atoms with Crippen molar-refractivity contribution in [3.8, 4) is 0 Å². The van der Waals surface area contributed by atoms with Gasteiger partial charge in [-0.3, -0.25) is 0 Å². The van der Waals surface area contributed by atoms with Gasteiger partial charge in [0.2, 0.25) is 0 Å². The molecule has 3 rings (SSSR count). The molecule has 1 heterocycles. The lowest BCUT2D eigenvalue weighted by molar-refractivity contribution is 0.158. The van der Waals surface area contributed by atoms with Crippen LogP contribution in [0.4, 0.5) is 0 Å². The molecule has 20 heavy (non-hydrogen) atoms. The van der Waals surface area contributed by atoms with Gasteiger partial charge in [-0.15, -0.1) is 0 Å². The monoisotopic (exact) mass is 310 g/mol. The van der Waals surface area contributed by atoms with Gasteiger partial charge < -0.3 is 4.74 Å². The number of benzene rings is 1. The lowest BCUT2D eigenvalue weighted by Crippen LogP contribution is -2.34. The largest absolute Gasteiger partial charge is 0.368 e. The lowest BCUT2D eigenvalue weighted by Gasteiger charge is -2.29. The highest BCUT2D eigenvalue weighted by Crippen LogP contribution is 2.61. The summed E-state index contributed by atoms with van der Waals surface area (Å²) in [6, 6.07) is 8.18. The molecule has 1 saturated carbocycles. The van der Waals surface area contributed by atoms with Crippen LogP contribution in [0, 0.1) is 11.3 Å². The van der Waals surface area contributed by atoms with Crippen molar-refractivity contribution >= 4 is 23.2 Å². The average Bonchev–Trinajstić information content (AvgIpc) is 3.13. The van der Waals surface area contributed by atoms with Crippen LogP contribution in [0.15, 0.2) is 35.4 Å². The third-order valence-corrected chi connectivity index (χ3v) is 5.37. The summed E-state index contributed by atoms with van der Waals surface area (Å²) in [4.78, 5) is 0. The van der Waals surface area contributed by atoms with Crippen LogP contribution in [-0.2, 0) is 11.2 Å². The zero-order valence-electron chi connectivity index (χ0n) is 12.0. The first kappa shape index (κ1) is 14.4. The minimum absolute atomic E-state index is 0.00276. The fourth-order valence-electron chi connectivity index (χ4n) is 3.83. The van der Waals surface area contributed by atoms with Gasteiger partial charge in [-0.05, 0) is 49.8 Å². The van der Waals surface area contributed by atoms with Crippen LogP contribution in [0.3, 0.4) is 0 Å². The molecule has 1 saturated heterocycles. The van der Waals surface area contributed by atoms with Crippen molar-refractivity contribution < 1.29 is 4.74 Å². The zero-order valence-corrected chi connectivity index (χ0v) is 13.5. The number of hydrogen-bond acceptors (Lipinski definition) is 1. The quantitative estimate of drug-likeness (QED) is 0.698. The topological polar surface area (TPSA) is 12.5 Å². The summed E-state index contributed by atoms with van der Waals surface area (Å²) in [5.41, 5.74) is 1.42. The van der Waals surface area contributed by atoms with Crippen LogP contribution in [0.25, 0.3) is 0 Å². The van der Waals surface area contributed by atoms with Gasteiger partial charge in [0.05, 0.1) is 6.61 Å². The van der Waals surface area contributed by atoms with Gasteiger partial charge in [0, 0.05) is 15.5 Å². The van der Waals surface area contributed by atoms with Crippen LogP contribution >= 0.6 is 23.2 Å². The lowest BCUT2D eigenvalue weighted by atomic mass is 9.75. The number of halogens is 2. The normalized spacial score (nSPS) is 36.6. The summed E-state index contributed by atoms with van der Waals surface area (Å²) in [5.74, 6) is 0.570. The molecule has 1 spiro atoms. The van der Waals surface area contributed by atoms with E-state index in [9.17, 15) is 0 Å². The van der Waals surface area contributed by atoms with E-state index in [1.807, 2.05) is 19.1 Å². The Labute approximate surface area is 130 Å². The third-order valence-electron chi connectivity index (χ3n) is 5.01. The van der Waals surface area contributed by atoms with E-state index in [4.69, 9.17) is 27.9 Å². The van der Waals surface area contributed by atoms with Crippen molar-refractivity contribution in [3.63, 3.8) is 0 Å². The van der Waals surface area contributed by atoms with Gasteiger partial charge >= 0.3 is 0 Å². The summed E-state index contributed by atoms with van der Waals surface area (Å²) in [5, 5.41) is 1.66. The number of rotatable bonds is 3. The maximum Gasteiger partial charge on any atom is 0.103 e. The van der Waals surface area contributed by atoms with Gasteiger partial charge in [0.25, 0.3) is 0 Å². The Morgan fingerprint density at radius 1 is 1.40 bits per heavy atom. The van der Waals surface area contributed by atoms with Crippen molar-refractivity contribution in [1.82, 2.24) is 0 Å². The number of allylic oxidation sites excluding steroid dienone is 1. The van der Waals surface area contributed by atoms with Crippen molar-refractivity contribution in [1.29, 1.82) is 0 Å². The summed E-state index contributed by atoms with van der Waals surface area (Å²) < 4.78 is 5.95. The third kappa shape index (κ3) is 2.41. The molecule has 0 radical (unpaired) electrons. The fraction of sp³-hybridized carbons (Fsp3) is 0.529. The molecule has 3 unspecified atom stereocenters. The Morgan fingerprint density at radius 2 is 2.05 bits per heavy atom. The molecule has 0 aromatic heterocycles. The second-order valence-corrected chi connectivity index (χ2v) is 7.43. The molecule has 1 aromatic rings. The Kier molecular flexibility index (Phi) is 3.64. The molecular formula is C17H20Cl2O. The highest BCUT2D eigenvalue weighted by Gasteiger charge is 2.65. The van der Waals surface area contributed by atoms with Gasteiger partial charge in [-0.1, -0.05) is 48.3 Å². The van der Waals surface area contributed by atoms with Crippen molar-refractivity contribution in [2.24, 2.45) is 11.3 Å².